The van der Waals surface area contributed by atoms with Crippen LogP contribution in [0, 0.1) is 0 Å². The van der Waals surface area contributed by atoms with Gasteiger partial charge < -0.3 is 10.1 Å². The van der Waals surface area contributed by atoms with Gasteiger partial charge in [-0.25, -0.2) is 0 Å². The molecule has 0 bridgehead atoms. The first-order valence-corrected chi connectivity index (χ1v) is 6.08. The van der Waals surface area contributed by atoms with Gasteiger partial charge in [0.2, 0.25) is 0 Å². The van der Waals surface area contributed by atoms with Crippen LogP contribution in [-0.4, -0.2) is 22.8 Å². The Kier molecular flexibility index (Phi) is 4.06. The number of benzene rings is 1. The highest BCUT2D eigenvalue weighted by atomic mass is 35.5. The van der Waals surface area contributed by atoms with Crippen LogP contribution >= 0.6 is 11.6 Å². The molecule has 0 radical (unpaired) electrons. The van der Waals surface area contributed by atoms with Crippen molar-refractivity contribution < 1.29 is 9.53 Å². The molecule has 0 saturated carbocycles. The lowest BCUT2D eigenvalue weighted by Crippen LogP contribution is -2.24. The highest BCUT2D eigenvalue weighted by Gasteiger charge is 2.09. The number of amides is 1. The zero-order valence-electron chi connectivity index (χ0n) is 10.7. The zero-order valence-corrected chi connectivity index (χ0v) is 11.4. The molecule has 0 aliphatic heterocycles. The maximum atomic E-state index is 11.9. The number of aryl methyl sites for hydroxylation is 1. The van der Waals surface area contributed by atoms with Crippen molar-refractivity contribution in [3.8, 4) is 5.75 Å². The molecule has 0 spiro atoms. The van der Waals surface area contributed by atoms with Crippen LogP contribution in [0.5, 0.6) is 5.75 Å². The number of halogens is 1. The minimum absolute atomic E-state index is 0.167. The van der Waals surface area contributed by atoms with Crippen LogP contribution in [0.3, 0.4) is 0 Å². The molecule has 6 heteroatoms. The molecule has 0 fully saturated rings. The number of rotatable bonds is 4. The Morgan fingerprint density at radius 1 is 1.42 bits per heavy atom. The predicted octanol–water partition coefficient (Wildman–Crippen LogP) is 2.01. The Morgan fingerprint density at radius 3 is 2.63 bits per heavy atom. The molecule has 2 rings (SSSR count). The topological polar surface area (TPSA) is 56.1 Å². The summed E-state index contributed by atoms with van der Waals surface area (Å²) in [5.41, 5.74) is 1.34. The third-order valence-electron chi connectivity index (χ3n) is 2.78. The highest BCUT2D eigenvalue weighted by molar-refractivity contribution is 6.31. The van der Waals surface area contributed by atoms with Gasteiger partial charge >= 0.3 is 0 Å². The fourth-order valence-electron chi connectivity index (χ4n) is 1.64. The summed E-state index contributed by atoms with van der Waals surface area (Å²) in [6, 6.07) is 6.90. The summed E-state index contributed by atoms with van der Waals surface area (Å²) in [7, 11) is 3.36. The minimum atomic E-state index is -0.167. The van der Waals surface area contributed by atoms with E-state index in [1.165, 1.54) is 0 Å². The maximum absolute atomic E-state index is 11.9. The van der Waals surface area contributed by atoms with Crippen LogP contribution in [0.4, 0.5) is 0 Å². The Balaban J connectivity index is 2.01. The van der Waals surface area contributed by atoms with Crippen molar-refractivity contribution in [3.63, 3.8) is 0 Å². The summed E-state index contributed by atoms with van der Waals surface area (Å²) < 4.78 is 6.67. The third kappa shape index (κ3) is 3.06. The fraction of sp³-hybridized carbons (Fsp3) is 0.231. The first-order chi connectivity index (χ1) is 9.11. The molecule has 100 valence electrons. The quantitative estimate of drug-likeness (QED) is 0.931. The average Bonchev–Trinajstić information content (AvgIpc) is 2.75. The molecule has 1 aromatic heterocycles. The van der Waals surface area contributed by atoms with Gasteiger partial charge in [-0.1, -0.05) is 11.6 Å². The molecule has 1 N–H and O–H groups in total. The number of ether oxygens (including phenoxy) is 1. The number of nitrogens with zero attached hydrogens (tertiary/aromatic N) is 2. The van der Waals surface area contributed by atoms with E-state index in [4.69, 9.17) is 16.3 Å². The molecule has 19 heavy (non-hydrogen) atoms. The summed E-state index contributed by atoms with van der Waals surface area (Å²) in [4.78, 5) is 11.9. The van der Waals surface area contributed by atoms with E-state index >= 15 is 0 Å². The number of nitrogens with one attached hydrogen (secondary N) is 1. The van der Waals surface area contributed by atoms with Crippen LogP contribution in [0.25, 0.3) is 0 Å². The third-order valence-corrected chi connectivity index (χ3v) is 3.09. The van der Waals surface area contributed by atoms with Crippen molar-refractivity contribution in [1.29, 1.82) is 0 Å². The first-order valence-electron chi connectivity index (χ1n) is 5.70. The van der Waals surface area contributed by atoms with Crippen LogP contribution in [-0.2, 0) is 13.6 Å². The van der Waals surface area contributed by atoms with Crippen LogP contribution < -0.4 is 10.1 Å². The van der Waals surface area contributed by atoms with E-state index in [1.54, 1.807) is 49.3 Å². The van der Waals surface area contributed by atoms with Gasteiger partial charge in [0.25, 0.3) is 5.91 Å². The summed E-state index contributed by atoms with van der Waals surface area (Å²) >= 11 is 5.96. The summed E-state index contributed by atoms with van der Waals surface area (Å²) in [5.74, 6) is 0.547. The lowest BCUT2D eigenvalue weighted by atomic mass is 10.2. The van der Waals surface area contributed by atoms with Gasteiger partial charge in [0.05, 0.1) is 30.6 Å². The molecule has 0 saturated heterocycles. The van der Waals surface area contributed by atoms with Gasteiger partial charge in [0, 0.05) is 12.6 Å². The first kappa shape index (κ1) is 13.4. The Hall–Kier alpha value is -2.01. The molecular weight excluding hydrogens is 266 g/mol. The SMILES string of the molecule is COc1ccc(C(=O)NCc2c(Cl)cnn2C)cc1. The molecule has 1 heterocycles. The Bertz CT molecular complexity index is 559. The number of methoxy groups -OCH3 is 1. The molecule has 5 nitrogen and oxygen atoms in total. The van der Waals surface area contributed by atoms with E-state index in [0.717, 1.165) is 5.69 Å². The van der Waals surface area contributed by atoms with E-state index in [9.17, 15) is 4.79 Å². The lowest BCUT2D eigenvalue weighted by Gasteiger charge is -2.07. The largest absolute Gasteiger partial charge is 0.497 e. The van der Waals surface area contributed by atoms with Crippen molar-refractivity contribution >= 4 is 17.5 Å². The molecule has 0 atom stereocenters. The molecule has 1 amide bonds. The smallest absolute Gasteiger partial charge is 0.251 e. The molecule has 1 aromatic carbocycles. The molecule has 0 aliphatic carbocycles. The second-order valence-electron chi connectivity index (χ2n) is 3.97. The highest BCUT2D eigenvalue weighted by Crippen LogP contribution is 2.14. The second-order valence-corrected chi connectivity index (χ2v) is 4.38. The van der Waals surface area contributed by atoms with E-state index in [2.05, 4.69) is 10.4 Å². The van der Waals surface area contributed by atoms with Crippen LogP contribution in [0.15, 0.2) is 30.5 Å². The number of aromatic nitrogens is 2. The average molecular weight is 280 g/mol. The molecule has 2 aromatic rings. The van der Waals surface area contributed by atoms with Crippen molar-refractivity contribution in [2.45, 2.75) is 6.54 Å². The van der Waals surface area contributed by atoms with Crippen LogP contribution in [0.1, 0.15) is 16.1 Å². The van der Waals surface area contributed by atoms with E-state index < -0.39 is 0 Å². The molecule has 0 aliphatic rings. The fourth-order valence-corrected chi connectivity index (χ4v) is 1.88. The molecular formula is C13H14ClN3O2. The maximum Gasteiger partial charge on any atom is 0.251 e. The van der Waals surface area contributed by atoms with Crippen molar-refractivity contribution in [2.75, 3.05) is 7.11 Å². The standard InChI is InChI=1S/C13H14ClN3O2/c1-17-12(11(14)7-16-17)8-15-13(18)9-3-5-10(19-2)6-4-9/h3-7H,8H2,1-2H3,(H,15,18). The number of carbonyl (C=O) groups excluding carboxylic acids is 1. The van der Waals surface area contributed by atoms with Gasteiger partial charge in [0.15, 0.2) is 0 Å². The normalized spacial score (nSPS) is 10.3. The van der Waals surface area contributed by atoms with Gasteiger partial charge in [0.1, 0.15) is 5.75 Å². The Morgan fingerprint density at radius 2 is 2.11 bits per heavy atom. The van der Waals surface area contributed by atoms with E-state index in [1.807, 2.05) is 0 Å². The Labute approximate surface area is 116 Å². The summed E-state index contributed by atoms with van der Waals surface area (Å²) in [5, 5.41) is 7.34. The van der Waals surface area contributed by atoms with Gasteiger partial charge in [-0.2, -0.15) is 5.10 Å². The summed E-state index contributed by atoms with van der Waals surface area (Å²) in [6.45, 7) is 0.334. The summed E-state index contributed by atoms with van der Waals surface area (Å²) in [6.07, 6.45) is 1.55. The zero-order chi connectivity index (χ0) is 13.8. The molecule has 0 unspecified atom stereocenters. The van der Waals surface area contributed by atoms with Gasteiger partial charge in [-0.05, 0) is 24.3 Å². The van der Waals surface area contributed by atoms with E-state index in [0.29, 0.717) is 22.9 Å². The second kappa shape index (κ2) is 5.75. The monoisotopic (exact) mass is 279 g/mol. The van der Waals surface area contributed by atoms with Gasteiger partial charge in [-0.3, -0.25) is 9.48 Å². The number of carbonyl (C=O) groups is 1. The van der Waals surface area contributed by atoms with E-state index in [-0.39, 0.29) is 5.91 Å². The van der Waals surface area contributed by atoms with Gasteiger partial charge in [-0.15, -0.1) is 0 Å². The van der Waals surface area contributed by atoms with Crippen molar-refractivity contribution in [2.24, 2.45) is 7.05 Å². The minimum Gasteiger partial charge on any atom is -0.497 e. The predicted molar refractivity (Wildman–Crippen MR) is 72.4 cm³/mol. The number of hydrogen-bond donors (Lipinski definition) is 1. The van der Waals surface area contributed by atoms with Crippen LogP contribution in [0.2, 0.25) is 5.02 Å². The lowest BCUT2D eigenvalue weighted by molar-refractivity contribution is 0.0950. The number of hydrogen-bond acceptors (Lipinski definition) is 3. The van der Waals surface area contributed by atoms with Crippen molar-refractivity contribution in [3.05, 3.63) is 46.7 Å². The van der Waals surface area contributed by atoms with Crippen molar-refractivity contribution in [1.82, 2.24) is 15.1 Å².